The van der Waals surface area contributed by atoms with Crippen LogP contribution in [0.1, 0.15) is 5.56 Å². The highest BCUT2D eigenvalue weighted by Gasteiger charge is 2.08. The molecule has 0 radical (unpaired) electrons. The third kappa shape index (κ3) is 4.43. The number of benzene rings is 2. The van der Waals surface area contributed by atoms with Gasteiger partial charge < -0.3 is 21.5 Å². The summed E-state index contributed by atoms with van der Waals surface area (Å²) in [5.41, 5.74) is 13.5. The lowest BCUT2D eigenvalue weighted by Gasteiger charge is -2.12. The molecule has 0 aliphatic rings. The van der Waals surface area contributed by atoms with Crippen molar-refractivity contribution >= 4 is 34.6 Å². The summed E-state index contributed by atoms with van der Waals surface area (Å²) in [6.07, 6.45) is 0. The summed E-state index contributed by atoms with van der Waals surface area (Å²) < 4.78 is 5.58. The number of anilines is 2. The van der Waals surface area contributed by atoms with Crippen molar-refractivity contribution in [2.45, 2.75) is 6.54 Å². The van der Waals surface area contributed by atoms with Crippen molar-refractivity contribution in [2.75, 3.05) is 24.6 Å². The Labute approximate surface area is 134 Å². The van der Waals surface area contributed by atoms with Crippen molar-refractivity contribution in [1.82, 2.24) is 5.32 Å². The molecule has 0 aliphatic carbocycles. The second kappa shape index (κ2) is 7.41. The number of ether oxygens (including phenoxy) is 1. The Morgan fingerprint density at radius 2 is 1.71 bits per heavy atom. The van der Waals surface area contributed by atoms with Gasteiger partial charge in [0, 0.05) is 18.1 Å². The van der Waals surface area contributed by atoms with E-state index in [1.807, 2.05) is 24.3 Å². The Morgan fingerprint density at radius 3 is 2.43 bits per heavy atom. The molecule has 4 nitrogen and oxygen atoms in total. The van der Waals surface area contributed by atoms with Crippen LogP contribution in [-0.4, -0.2) is 13.2 Å². The van der Waals surface area contributed by atoms with Gasteiger partial charge in [-0.05, 0) is 29.8 Å². The third-order valence-corrected chi connectivity index (χ3v) is 3.50. The number of hydrogen-bond donors (Lipinski definition) is 3. The fourth-order valence-corrected chi connectivity index (χ4v) is 2.14. The molecule has 0 fully saturated rings. The molecule has 0 atom stereocenters. The molecule has 0 aliphatic heterocycles. The molecule has 112 valence electrons. The Kier molecular flexibility index (Phi) is 5.56. The van der Waals surface area contributed by atoms with Crippen molar-refractivity contribution in [3.63, 3.8) is 0 Å². The second-order valence-corrected chi connectivity index (χ2v) is 5.37. The summed E-state index contributed by atoms with van der Waals surface area (Å²) >= 11 is 11.9. The molecule has 0 saturated carbocycles. The van der Waals surface area contributed by atoms with Gasteiger partial charge in [-0.2, -0.15) is 0 Å². The van der Waals surface area contributed by atoms with Gasteiger partial charge in [-0.15, -0.1) is 0 Å². The molecule has 5 N–H and O–H groups in total. The molecule has 0 heterocycles. The lowest BCUT2D eigenvalue weighted by Crippen LogP contribution is -2.21. The first-order valence-electron chi connectivity index (χ1n) is 6.49. The number of nitrogens with two attached hydrogens (primary N) is 2. The largest absolute Gasteiger partial charge is 0.488 e. The van der Waals surface area contributed by atoms with Crippen LogP contribution in [0, 0.1) is 0 Å². The Bertz CT molecular complexity index is 603. The van der Waals surface area contributed by atoms with Gasteiger partial charge >= 0.3 is 0 Å². The Morgan fingerprint density at radius 1 is 1.00 bits per heavy atom. The fraction of sp³-hybridized carbons (Fsp3) is 0.200. The van der Waals surface area contributed by atoms with Gasteiger partial charge in [0.1, 0.15) is 6.61 Å². The lowest BCUT2D eigenvalue weighted by molar-refractivity contribution is 0.315. The molecule has 2 rings (SSSR count). The summed E-state index contributed by atoms with van der Waals surface area (Å²) in [5.74, 6) is 0.435. The van der Waals surface area contributed by atoms with Crippen LogP contribution in [0.15, 0.2) is 36.4 Å². The molecule has 2 aromatic carbocycles. The van der Waals surface area contributed by atoms with Crippen molar-refractivity contribution in [2.24, 2.45) is 0 Å². The number of nitrogen functional groups attached to an aromatic ring is 2. The first-order valence-corrected chi connectivity index (χ1v) is 7.25. The SMILES string of the molecule is Nc1ccc(Cl)c(OCCNCc2ccc(Cl)cc2)c1N. The van der Waals surface area contributed by atoms with E-state index in [2.05, 4.69) is 5.32 Å². The summed E-state index contributed by atoms with van der Waals surface area (Å²) in [7, 11) is 0. The number of nitrogens with one attached hydrogen (secondary N) is 1. The molecule has 0 amide bonds. The summed E-state index contributed by atoms with van der Waals surface area (Å²) in [6.45, 7) is 1.84. The first-order chi connectivity index (χ1) is 10.1. The number of hydrogen-bond acceptors (Lipinski definition) is 4. The maximum atomic E-state index is 6.03. The highest BCUT2D eigenvalue weighted by molar-refractivity contribution is 6.32. The molecule has 0 unspecified atom stereocenters. The van der Waals surface area contributed by atoms with Crippen LogP contribution < -0.4 is 21.5 Å². The van der Waals surface area contributed by atoms with E-state index in [-0.39, 0.29) is 0 Å². The van der Waals surface area contributed by atoms with Crippen LogP contribution in [0.2, 0.25) is 10.0 Å². The topological polar surface area (TPSA) is 73.3 Å². The minimum absolute atomic E-state index is 0.375. The van der Waals surface area contributed by atoms with Gasteiger partial charge in [0.2, 0.25) is 0 Å². The van der Waals surface area contributed by atoms with Gasteiger partial charge in [-0.3, -0.25) is 0 Å². The monoisotopic (exact) mass is 325 g/mol. The third-order valence-electron chi connectivity index (χ3n) is 2.95. The molecule has 0 bridgehead atoms. The van der Waals surface area contributed by atoms with Crippen molar-refractivity contribution < 1.29 is 4.74 Å². The van der Waals surface area contributed by atoms with E-state index < -0.39 is 0 Å². The minimum atomic E-state index is 0.375. The zero-order valence-corrected chi connectivity index (χ0v) is 12.9. The molecule has 2 aromatic rings. The van der Waals surface area contributed by atoms with E-state index in [0.717, 1.165) is 17.1 Å². The fourth-order valence-electron chi connectivity index (χ4n) is 1.80. The first kappa shape index (κ1) is 15.8. The van der Waals surface area contributed by atoms with E-state index in [4.69, 9.17) is 39.4 Å². The predicted octanol–water partition coefficient (Wildman–Crippen LogP) is 3.33. The summed E-state index contributed by atoms with van der Waals surface area (Å²) in [4.78, 5) is 0. The highest BCUT2D eigenvalue weighted by atomic mass is 35.5. The smallest absolute Gasteiger partial charge is 0.162 e. The number of halogens is 2. The van der Waals surface area contributed by atoms with Gasteiger partial charge in [0.05, 0.1) is 16.4 Å². The van der Waals surface area contributed by atoms with Gasteiger partial charge in [-0.1, -0.05) is 35.3 Å². The maximum absolute atomic E-state index is 6.03. The van der Waals surface area contributed by atoms with Crippen molar-refractivity contribution in [1.29, 1.82) is 0 Å². The molecule has 6 heteroatoms. The second-order valence-electron chi connectivity index (χ2n) is 4.53. The average Bonchev–Trinajstić information content (AvgIpc) is 2.48. The van der Waals surface area contributed by atoms with E-state index in [9.17, 15) is 0 Å². The van der Waals surface area contributed by atoms with E-state index in [1.54, 1.807) is 12.1 Å². The molecule has 0 spiro atoms. The quantitative estimate of drug-likeness (QED) is 0.562. The number of rotatable bonds is 6. The standard InChI is InChI=1S/C15H17Cl2N3O/c16-11-3-1-10(2-4-11)9-20-7-8-21-15-12(17)5-6-13(18)14(15)19/h1-6,20H,7-9,18-19H2. The van der Waals surface area contributed by atoms with Crippen LogP contribution >= 0.6 is 23.2 Å². The van der Waals surface area contributed by atoms with Crippen molar-refractivity contribution in [3.05, 3.63) is 52.0 Å². The van der Waals surface area contributed by atoms with Crippen LogP contribution in [0.4, 0.5) is 11.4 Å². The average molecular weight is 326 g/mol. The Hall–Kier alpha value is -1.62. The van der Waals surface area contributed by atoms with E-state index in [0.29, 0.717) is 35.3 Å². The summed E-state index contributed by atoms with van der Waals surface area (Å²) in [5, 5.41) is 4.45. The maximum Gasteiger partial charge on any atom is 0.162 e. The van der Waals surface area contributed by atoms with Crippen molar-refractivity contribution in [3.8, 4) is 5.75 Å². The van der Waals surface area contributed by atoms with E-state index in [1.165, 1.54) is 0 Å². The normalized spacial score (nSPS) is 10.6. The van der Waals surface area contributed by atoms with Gasteiger partial charge in [-0.25, -0.2) is 0 Å². The predicted molar refractivity (Wildman–Crippen MR) is 88.9 cm³/mol. The van der Waals surface area contributed by atoms with Crippen LogP contribution in [-0.2, 0) is 6.54 Å². The molecular weight excluding hydrogens is 309 g/mol. The van der Waals surface area contributed by atoms with E-state index >= 15 is 0 Å². The molecule has 0 saturated heterocycles. The van der Waals surface area contributed by atoms with Gasteiger partial charge in [0.15, 0.2) is 5.75 Å². The zero-order chi connectivity index (χ0) is 15.2. The zero-order valence-electron chi connectivity index (χ0n) is 11.4. The molecule has 21 heavy (non-hydrogen) atoms. The molecular formula is C15H17Cl2N3O. The van der Waals surface area contributed by atoms with Crippen LogP contribution in [0.5, 0.6) is 5.75 Å². The highest BCUT2D eigenvalue weighted by Crippen LogP contribution is 2.34. The van der Waals surface area contributed by atoms with Crippen LogP contribution in [0.25, 0.3) is 0 Å². The van der Waals surface area contributed by atoms with Gasteiger partial charge in [0.25, 0.3) is 0 Å². The summed E-state index contributed by atoms with van der Waals surface area (Å²) in [6, 6.07) is 11.0. The molecule has 0 aromatic heterocycles. The Balaban J connectivity index is 1.78. The minimum Gasteiger partial charge on any atom is -0.488 e. The lowest BCUT2D eigenvalue weighted by atomic mass is 10.2. The van der Waals surface area contributed by atoms with Crippen LogP contribution in [0.3, 0.4) is 0 Å².